The van der Waals surface area contributed by atoms with Gasteiger partial charge in [-0.1, -0.05) is 23.7 Å². The number of rotatable bonds is 6. The van der Waals surface area contributed by atoms with Crippen LogP contribution in [-0.4, -0.2) is 66.5 Å². The third-order valence-electron chi connectivity index (χ3n) is 5.79. The minimum atomic E-state index is -0.249. The Bertz CT molecular complexity index is 974. The van der Waals surface area contributed by atoms with E-state index in [1.807, 2.05) is 17.0 Å². The number of ether oxygens (including phenoxy) is 1. The zero-order valence-corrected chi connectivity index (χ0v) is 18.6. The number of carbonyl (C=O) groups is 2. The van der Waals surface area contributed by atoms with E-state index in [0.29, 0.717) is 29.5 Å². The lowest BCUT2D eigenvalue weighted by Gasteiger charge is -2.50. The minimum absolute atomic E-state index is 0.105. The quantitative estimate of drug-likeness (QED) is 0.693. The fourth-order valence-corrected chi connectivity index (χ4v) is 4.45. The highest BCUT2D eigenvalue weighted by molar-refractivity contribution is 6.31. The van der Waals surface area contributed by atoms with Gasteiger partial charge in [0.15, 0.2) is 6.61 Å². The molecule has 0 aliphatic carbocycles. The topological polar surface area (TPSA) is 73.9 Å². The van der Waals surface area contributed by atoms with Crippen LogP contribution in [0.2, 0.25) is 5.02 Å². The number of nitrogens with one attached hydrogen (secondary N) is 2. The SMILES string of the molecule is CC(=O)Nc1cc(Cl)ccc1OCC(=O)N1CC2CNCC(C1)N2Cc1ccc(F)cc1. The highest BCUT2D eigenvalue weighted by Crippen LogP contribution is 2.28. The van der Waals surface area contributed by atoms with Crippen molar-refractivity contribution in [2.75, 3.05) is 38.1 Å². The molecule has 2 amide bonds. The van der Waals surface area contributed by atoms with Crippen molar-refractivity contribution in [1.29, 1.82) is 0 Å². The first-order valence-corrected chi connectivity index (χ1v) is 11.0. The Morgan fingerprint density at radius 1 is 1.16 bits per heavy atom. The van der Waals surface area contributed by atoms with E-state index in [2.05, 4.69) is 15.5 Å². The van der Waals surface area contributed by atoms with Crippen molar-refractivity contribution in [3.8, 4) is 5.75 Å². The fourth-order valence-electron chi connectivity index (χ4n) is 4.28. The van der Waals surface area contributed by atoms with Gasteiger partial charge in [0.2, 0.25) is 5.91 Å². The van der Waals surface area contributed by atoms with E-state index in [1.54, 1.807) is 18.2 Å². The molecule has 2 heterocycles. The maximum absolute atomic E-state index is 13.2. The highest BCUT2D eigenvalue weighted by atomic mass is 35.5. The molecule has 2 saturated heterocycles. The third kappa shape index (κ3) is 5.38. The van der Waals surface area contributed by atoms with Gasteiger partial charge < -0.3 is 20.3 Å². The first-order valence-electron chi connectivity index (χ1n) is 10.6. The monoisotopic (exact) mass is 460 g/mol. The Hall–Kier alpha value is -2.68. The molecule has 2 fully saturated rings. The molecule has 32 heavy (non-hydrogen) atoms. The van der Waals surface area contributed by atoms with Crippen molar-refractivity contribution in [3.63, 3.8) is 0 Å². The van der Waals surface area contributed by atoms with Gasteiger partial charge >= 0.3 is 0 Å². The Balaban J connectivity index is 1.38. The van der Waals surface area contributed by atoms with Crippen LogP contribution >= 0.6 is 11.6 Å². The zero-order valence-electron chi connectivity index (χ0n) is 17.8. The maximum atomic E-state index is 13.2. The van der Waals surface area contributed by atoms with Crippen LogP contribution in [-0.2, 0) is 16.1 Å². The van der Waals surface area contributed by atoms with Gasteiger partial charge in [-0.25, -0.2) is 4.39 Å². The van der Waals surface area contributed by atoms with Gasteiger partial charge in [-0.15, -0.1) is 0 Å². The molecule has 9 heteroatoms. The summed E-state index contributed by atoms with van der Waals surface area (Å²) in [5.74, 6) is -0.198. The van der Waals surface area contributed by atoms with Crippen LogP contribution in [0.4, 0.5) is 10.1 Å². The second-order valence-corrected chi connectivity index (χ2v) is 8.61. The third-order valence-corrected chi connectivity index (χ3v) is 6.03. The van der Waals surface area contributed by atoms with Crippen molar-refractivity contribution in [2.24, 2.45) is 0 Å². The van der Waals surface area contributed by atoms with Crippen molar-refractivity contribution >= 4 is 29.1 Å². The Labute approximate surface area is 191 Å². The van der Waals surface area contributed by atoms with Crippen LogP contribution in [0, 0.1) is 5.82 Å². The van der Waals surface area contributed by atoms with Crippen molar-refractivity contribution in [3.05, 3.63) is 58.9 Å². The molecule has 2 N–H and O–H groups in total. The molecule has 0 radical (unpaired) electrons. The molecule has 0 saturated carbocycles. The van der Waals surface area contributed by atoms with E-state index in [1.165, 1.54) is 19.1 Å². The van der Waals surface area contributed by atoms with Gasteiger partial charge in [-0.3, -0.25) is 14.5 Å². The lowest BCUT2D eigenvalue weighted by atomic mass is 10.00. The molecular weight excluding hydrogens is 435 g/mol. The van der Waals surface area contributed by atoms with Crippen LogP contribution in [0.25, 0.3) is 0 Å². The van der Waals surface area contributed by atoms with Gasteiger partial charge in [0.05, 0.1) is 5.69 Å². The highest BCUT2D eigenvalue weighted by Gasteiger charge is 2.38. The number of anilines is 1. The van der Waals surface area contributed by atoms with Gasteiger partial charge in [-0.05, 0) is 35.9 Å². The summed E-state index contributed by atoms with van der Waals surface area (Å²) >= 11 is 6.01. The summed E-state index contributed by atoms with van der Waals surface area (Å²) in [5.41, 5.74) is 1.49. The minimum Gasteiger partial charge on any atom is -0.482 e. The molecular formula is C23H26ClFN4O3. The predicted octanol–water partition coefficient (Wildman–Crippen LogP) is 2.50. The van der Waals surface area contributed by atoms with Crippen LogP contribution in [0.15, 0.2) is 42.5 Å². The Morgan fingerprint density at radius 2 is 1.84 bits per heavy atom. The molecule has 170 valence electrons. The molecule has 2 aliphatic rings. The molecule has 0 aromatic heterocycles. The van der Waals surface area contributed by atoms with E-state index in [-0.39, 0.29) is 36.3 Å². The van der Waals surface area contributed by atoms with E-state index in [4.69, 9.17) is 16.3 Å². The molecule has 7 nitrogen and oxygen atoms in total. The fraction of sp³-hybridized carbons (Fsp3) is 0.391. The molecule has 4 rings (SSSR count). The summed E-state index contributed by atoms with van der Waals surface area (Å²) in [4.78, 5) is 28.6. The lowest BCUT2D eigenvalue weighted by molar-refractivity contribution is -0.139. The van der Waals surface area contributed by atoms with Crippen LogP contribution in [0.5, 0.6) is 5.75 Å². The van der Waals surface area contributed by atoms with Crippen LogP contribution in [0.3, 0.4) is 0 Å². The molecule has 2 aliphatic heterocycles. The molecule has 2 bridgehead atoms. The van der Waals surface area contributed by atoms with E-state index >= 15 is 0 Å². The summed E-state index contributed by atoms with van der Waals surface area (Å²) in [7, 11) is 0. The smallest absolute Gasteiger partial charge is 0.260 e. The maximum Gasteiger partial charge on any atom is 0.260 e. The first kappa shape index (κ1) is 22.5. The number of benzene rings is 2. The molecule has 2 atom stereocenters. The van der Waals surface area contributed by atoms with E-state index in [0.717, 1.165) is 25.2 Å². The van der Waals surface area contributed by atoms with Gasteiger partial charge in [0, 0.05) is 56.8 Å². The number of hydrogen-bond donors (Lipinski definition) is 2. The summed E-state index contributed by atoms with van der Waals surface area (Å²) in [6.45, 7) is 4.74. The summed E-state index contributed by atoms with van der Waals surface area (Å²) in [6.07, 6.45) is 0. The van der Waals surface area contributed by atoms with E-state index in [9.17, 15) is 14.0 Å². The lowest BCUT2D eigenvalue weighted by Crippen LogP contribution is -2.68. The molecule has 2 unspecified atom stereocenters. The van der Waals surface area contributed by atoms with Gasteiger partial charge in [0.1, 0.15) is 11.6 Å². The number of nitrogens with zero attached hydrogens (tertiary/aromatic N) is 2. The summed E-state index contributed by atoms with van der Waals surface area (Å²) in [5, 5.41) is 6.57. The van der Waals surface area contributed by atoms with Gasteiger partial charge in [0.25, 0.3) is 5.91 Å². The van der Waals surface area contributed by atoms with Crippen molar-refractivity contribution in [1.82, 2.24) is 15.1 Å². The van der Waals surface area contributed by atoms with Crippen LogP contribution in [0.1, 0.15) is 12.5 Å². The molecule has 2 aromatic carbocycles. The van der Waals surface area contributed by atoms with E-state index < -0.39 is 0 Å². The van der Waals surface area contributed by atoms with Crippen molar-refractivity contribution in [2.45, 2.75) is 25.6 Å². The Kier molecular flexibility index (Phi) is 6.93. The molecule has 2 aromatic rings. The average Bonchev–Trinajstić information content (AvgIpc) is 2.74. The number of halogens is 2. The normalized spacial score (nSPS) is 20.7. The predicted molar refractivity (Wildman–Crippen MR) is 120 cm³/mol. The average molecular weight is 461 g/mol. The second-order valence-electron chi connectivity index (χ2n) is 8.17. The van der Waals surface area contributed by atoms with Gasteiger partial charge in [-0.2, -0.15) is 0 Å². The number of piperazine rings is 2. The number of fused-ring (bicyclic) bond motifs is 2. The zero-order chi connectivity index (χ0) is 22.7. The standard InChI is InChI=1S/C23H26ClFN4O3/c1-15(30)27-21-8-17(24)4-7-22(21)32-14-23(31)28-12-19-9-26-10-20(13-28)29(19)11-16-2-5-18(25)6-3-16/h2-8,19-20,26H,9-14H2,1H3,(H,27,30). The number of carbonyl (C=O) groups excluding carboxylic acids is 2. The van der Waals surface area contributed by atoms with Crippen molar-refractivity contribution < 1.29 is 18.7 Å². The summed E-state index contributed by atoms with van der Waals surface area (Å²) in [6, 6.07) is 11.8. The number of hydrogen-bond acceptors (Lipinski definition) is 5. The van der Waals surface area contributed by atoms with Crippen LogP contribution < -0.4 is 15.4 Å². The second kappa shape index (κ2) is 9.85. The first-order chi connectivity index (χ1) is 15.4. The number of amides is 2. The summed E-state index contributed by atoms with van der Waals surface area (Å²) < 4.78 is 19.0. The largest absolute Gasteiger partial charge is 0.482 e. The Morgan fingerprint density at radius 3 is 2.50 bits per heavy atom. The molecule has 0 spiro atoms.